The van der Waals surface area contributed by atoms with Crippen molar-refractivity contribution < 1.29 is 19.1 Å². The third-order valence-corrected chi connectivity index (χ3v) is 6.36. The maximum Gasteiger partial charge on any atom is 0.261 e. The minimum absolute atomic E-state index is 0.201. The Kier molecular flexibility index (Phi) is 11.1. The number of methoxy groups -OCH3 is 1. The number of unbranched alkanes of at least 4 members (excludes halogenated alkanes) is 1. The molecule has 0 heterocycles. The minimum Gasteiger partial charge on any atom is -0.497 e. The van der Waals surface area contributed by atoms with Crippen molar-refractivity contribution in [3.05, 3.63) is 94.0 Å². The maximum absolute atomic E-state index is 13.6. The summed E-state index contributed by atoms with van der Waals surface area (Å²) in [6, 6.07) is 21.1. The normalized spacial score (nSPS) is 11.5. The molecule has 0 saturated heterocycles. The lowest BCUT2D eigenvalue weighted by molar-refractivity contribution is -0.142. The molecule has 0 aliphatic heterocycles. The van der Waals surface area contributed by atoms with Crippen LogP contribution in [0.2, 0.25) is 10.0 Å². The molecule has 0 aromatic heterocycles. The zero-order valence-electron chi connectivity index (χ0n) is 21.1. The zero-order valence-corrected chi connectivity index (χ0v) is 22.6. The van der Waals surface area contributed by atoms with Crippen molar-refractivity contribution in [3.8, 4) is 11.5 Å². The lowest BCUT2D eigenvalue weighted by atomic mass is 10.0. The van der Waals surface area contributed by atoms with Crippen LogP contribution in [-0.4, -0.2) is 43.0 Å². The molecule has 0 aliphatic rings. The fraction of sp³-hybridized carbons (Fsp3) is 0.310. The van der Waals surface area contributed by atoms with Gasteiger partial charge in [0.15, 0.2) is 6.61 Å². The molecule has 1 atom stereocenters. The third-order valence-electron chi connectivity index (χ3n) is 5.83. The number of hydrogen-bond donors (Lipinski definition) is 1. The molecule has 2 amide bonds. The topological polar surface area (TPSA) is 67.9 Å². The average Bonchev–Trinajstić information content (AvgIpc) is 2.90. The number of nitrogens with one attached hydrogen (secondary N) is 1. The number of carbonyl (C=O) groups is 2. The first-order valence-electron chi connectivity index (χ1n) is 12.2. The van der Waals surface area contributed by atoms with E-state index in [1.54, 1.807) is 30.2 Å². The van der Waals surface area contributed by atoms with E-state index in [0.29, 0.717) is 34.5 Å². The lowest BCUT2D eigenvalue weighted by Gasteiger charge is -2.31. The van der Waals surface area contributed by atoms with Gasteiger partial charge in [0.1, 0.15) is 17.5 Å². The zero-order chi connectivity index (χ0) is 26.6. The van der Waals surface area contributed by atoms with Gasteiger partial charge in [-0.05, 0) is 47.9 Å². The maximum atomic E-state index is 13.6. The van der Waals surface area contributed by atoms with Gasteiger partial charge in [0.25, 0.3) is 5.91 Å². The largest absolute Gasteiger partial charge is 0.497 e. The number of benzene rings is 3. The van der Waals surface area contributed by atoms with Crippen molar-refractivity contribution in [1.29, 1.82) is 0 Å². The van der Waals surface area contributed by atoms with E-state index in [4.69, 9.17) is 32.7 Å². The first-order valence-corrected chi connectivity index (χ1v) is 13.0. The van der Waals surface area contributed by atoms with E-state index in [1.807, 2.05) is 54.6 Å². The molecule has 196 valence electrons. The quantitative estimate of drug-likeness (QED) is 0.271. The van der Waals surface area contributed by atoms with Crippen LogP contribution >= 0.6 is 23.2 Å². The Balaban J connectivity index is 1.91. The molecule has 3 aromatic carbocycles. The number of rotatable bonds is 13. The Hall–Kier alpha value is -3.22. The SMILES string of the molecule is CCCCNC(=O)[C@@H](Cc1ccccc1)N(Cc1cccc(OC)c1)C(=O)COc1ccc(Cl)cc1Cl. The van der Waals surface area contributed by atoms with E-state index < -0.39 is 6.04 Å². The van der Waals surface area contributed by atoms with Gasteiger partial charge in [-0.3, -0.25) is 9.59 Å². The van der Waals surface area contributed by atoms with Crippen molar-refractivity contribution in [3.63, 3.8) is 0 Å². The van der Waals surface area contributed by atoms with Crippen LogP contribution in [0, 0.1) is 0 Å². The van der Waals surface area contributed by atoms with Gasteiger partial charge in [0, 0.05) is 24.5 Å². The lowest BCUT2D eigenvalue weighted by Crippen LogP contribution is -2.51. The van der Waals surface area contributed by atoms with Crippen molar-refractivity contribution in [2.45, 2.75) is 38.8 Å². The number of halogens is 2. The highest BCUT2D eigenvalue weighted by Gasteiger charge is 2.30. The molecule has 0 bridgehead atoms. The van der Waals surface area contributed by atoms with E-state index in [1.165, 1.54) is 0 Å². The molecule has 8 heteroatoms. The van der Waals surface area contributed by atoms with Gasteiger partial charge in [-0.25, -0.2) is 0 Å². The Morgan fingerprint density at radius 3 is 2.43 bits per heavy atom. The molecule has 6 nitrogen and oxygen atoms in total. The molecule has 1 N–H and O–H groups in total. The summed E-state index contributed by atoms with van der Waals surface area (Å²) in [5.41, 5.74) is 1.78. The molecular weight excluding hydrogens is 511 g/mol. The van der Waals surface area contributed by atoms with Crippen LogP contribution in [0.25, 0.3) is 0 Å². The van der Waals surface area contributed by atoms with Crippen LogP contribution in [-0.2, 0) is 22.6 Å². The predicted octanol–water partition coefficient (Wildman–Crippen LogP) is 5.94. The summed E-state index contributed by atoms with van der Waals surface area (Å²) < 4.78 is 11.1. The van der Waals surface area contributed by atoms with Crippen molar-refractivity contribution >= 4 is 35.0 Å². The van der Waals surface area contributed by atoms with E-state index in [-0.39, 0.29) is 25.0 Å². The molecule has 3 rings (SSSR count). The summed E-state index contributed by atoms with van der Waals surface area (Å²) in [5, 5.41) is 3.77. The van der Waals surface area contributed by atoms with Crippen LogP contribution in [0.1, 0.15) is 30.9 Å². The van der Waals surface area contributed by atoms with E-state index in [2.05, 4.69) is 12.2 Å². The first kappa shape index (κ1) is 28.4. The summed E-state index contributed by atoms with van der Waals surface area (Å²) in [6.07, 6.45) is 2.16. The monoisotopic (exact) mass is 542 g/mol. The van der Waals surface area contributed by atoms with E-state index >= 15 is 0 Å². The Labute approximate surface area is 228 Å². The molecule has 0 saturated carbocycles. The minimum atomic E-state index is -0.748. The molecule has 37 heavy (non-hydrogen) atoms. The highest BCUT2D eigenvalue weighted by Crippen LogP contribution is 2.28. The van der Waals surface area contributed by atoms with Crippen molar-refractivity contribution in [2.75, 3.05) is 20.3 Å². The molecule has 0 fully saturated rings. The van der Waals surface area contributed by atoms with Gasteiger partial charge in [-0.15, -0.1) is 0 Å². The second-order valence-electron chi connectivity index (χ2n) is 8.59. The van der Waals surface area contributed by atoms with Gasteiger partial charge in [0.2, 0.25) is 5.91 Å². The van der Waals surface area contributed by atoms with Gasteiger partial charge in [0.05, 0.1) is 12.1 Å². The molecule has 3 aromatic rings. The molecular formula is C29H32Cl2N2O4. The van der Waals surface area contributed by atoms with E-state index in [0.717, 1.165) is 24.0 Å². The van der Waals surface area contributed by atoms with Gasteiger partial charge >= 0.3 is 0 Å². The summed E-state index contributed by atoms with van der Waals surface area (Å²) in [4.78, 5) is 28.6. The highest BCUT2D eigenvalue weighted by atomic mass is 35.5. The second-order valence-corrected chi connectivity index (χ2v) is 9.43. The smallest absolute Gasteiger partial charge is 0.261 e. The molecule has 0 radical (unpaired) electrons. The summed E-state index contributed by atoms with van der Waals surface area (Å²) in [7, 11) is 1.59. The van der Waals surface area contributed by atoms with Crippen molar-refractivity contribution in [2.24, 2.45) is 0 Å². The number of nitrogens with zero attached hydrogens (tertiary/aromatic N) is 1. The van der Waals surface area contributed by atoms with E-state index in [9.17, 15) is 9.59 Å². The average molecular weight is 543 g/mol. The molecule has 0 spiro atoms. The number of ether oxygens (including phenoxy) is 2. The Morgan fingerprint density at radius 1 is 0.973 bits per heavy atom. The number of hydrogen-bond acceptors (Lipinski definition) is 4. The summed E-state index contributed by atoms with van der Waals surface area (Å²) in [6.45, 7) is 2.51. The van der Waals surface area contributed by atoms with Gasteiger partial charge in [-0.1, -0.05) is 79.0 Å². The molecule has 0 unspecified atom stereocenters. The summed E-state index contributed by atoms with van der Waals surface area (Å²) in [5.74, 6) is 0.451. The Bertz CT molecular complexity index is 1170. The first-order chi connectivity index (χ1) is 17.9. The van der Waals surface area contributed by atoms with Crippen LogP contribution in [0.3, 0.4) is 0 Å². The summed E-state index contributed by atoms with van der Waals surface area (Å²) >= 11 is 12.2. The van der Waals surface area contributed by atoms with Crippen LogP contribution in [0.4, 0.5) is 0 Å². The highest BCUT2D eigenvalue weighted by molar-refractivity contribution is 6.35. The van der Waals surface area contributed by atoms with Gasteiger partial charge < -0.3 is 19.7 Å². The van der Waals surface area contributed by atoms with Crippen LogP contribution < -0.4 is 14.8 Å². The number of amides is 2. The number of carbonyl (C=O) groups excluding carboxylic acids is 2. The van der Waals surface area contributed by atoms with Crippen molar-refractivity contribution in [1.82, 2.24) is 10.2 Å². The molecule has 0 aliphatic carbocycles. The second kappa shape index (κ2) is 14.5. The van der Waals surface area contributed by atoms with Gasteiger partial charge in [-0.2, -0.15) is 0 Å². The Morgan fingerprint density at radius 2 is 1.73 bits per heavy atom. The fourth-order valence-corrected chi connectivity index (χ4v) is 4.31. The standard InChI is InChI=1S/C29H32Cl2N2O4/c1-3-4-15-32-29(35)26(17-21-9-6-5-7-10-21)33(19-22-11-8-12-24(16-22)36-2)28(34)20-37-27-14-13-23(30)18-25(27)31/h5-14,16,18,26H,3-4,15,17,19-20H2,1-2H3,(H,32,35)/t26-/m1/s1. The fourth-order valence-electron chi connectivity index (χ4n) is 3.84. The predicted molar refractivity (Wildman–Crippen MR) is 147 cm³/mol. The van der Waals surface area contributed by atoms with Crippen LogP contribution in [0.15, 0.2) is 72.8 Å². The third kappa shape index (κ3) is 8.69. The van der Waals surface area contributed by atoms with Crippen LogP contribution in [0.5, 0.6) is 11.5 Å².